The number of carbonyl (C=O) groups is 1. The lowest BCUT2D eigenvalue weighted by Gasteiger charge is -2.19. The molecule has 3 heteroatoms. The van der Waals surface area contributed by atoms with Crippen molar-refractivity contribution >= 4 is 17.9 Å². The van der Waals surface area contributed by atoms with Crippen molar-refractivity contribution in [3.8, 4) is 0 Å². The van der Waals surface area contributed by atoms with E-state index in [4.69, 9.17) is 12.6 Å². The highest BCUT2D eigenvalue weighted by atomic mass is 32.1. The fraction of sp³-hybridized carbons (Fsp3) is 0.235. The second-order valence-corrected chi connectivity index (χ2v) is 5.07. The summed E-state index contributed by atoms with van der Waals surface area (Å²) in [6.45, 7) is 1.36. The molecule has 0 aliphatic carbocycles. The van der Waals surface area contributed by atoms with Gasteiger partial charge in [0.25, 0.3) is 0 Å². The van der Waals surface area contributed by atoms with Crippen LogP contribution in [0.25, 0.3) is 0 Å². The molecular formula is C17H18NOS. The van der Waals surface area contributed by atoms with E-state index in [1.165, 1.54) is 11.1 Å². The van der Waals surface area contributed by atoms with Gasteiger partial charge in [-0.2, -0.15) is 0 Å². The summed E-state index contributed by atoms with van der Waals surface area (Å²) < 4.78 is 0. The maximum atomic E-state index is 11.5. The summed E-state index contributed by atoms with van der Waals surface area (Å²) in [7, 11) is 0. The topological polar surface area (TPSA) is 20.3 Å². The lowest BCUT2D eigenvalue weighted by atomic mass is 10.1. The van der Waals surface area contributed by atoms with Crippen LogP contribution in [0.3, 0.4) is 0 Å². The van der Waals surface area contributed by atoms with E-state index in [9.17, 15) is 4.79 Å². The Kier molecular flexibility index (Phi) is 5.56. The molecule has 20 heavy (non-hydrogen) atoms. The summed E-state index contributed by atoms with van der Waals surface area (Å²) in [6.07, 6.45) is 1.69. The zero-order valence-electron chi connectivity index (χ0n) is 11.4. The van der Waals surface area contributed by atoms with E-state index in [0.29, 0.717) is 13.1 Å². The Labute approximate surface area is 125 Å². The van der Waals surface area contributed by atoms with E-state index in [-0.39, 0.29) is 5.24 Å². The Morgan fingerprint density at radius 1 is 0.800 bits per heavy atom. The molecular weight excluding hydrogens is 266 g/mol. The van der Waals surface area contributed by atoms with Gasteiger partial charge in [0.05, 0.1) is 0 Å². The summed E-state index contributed by atoms with van der Waals surface area (Å²) in [4.78, 5) is 13.3. The highest BCUT2D eigenvalue weighted by Gasteiger charge is 2.10. The summed E-state index contributed by atoms with van der Waals surface area (Å²) in [5, 5.41) is -0.267. The molecule has 1 radical (unpaired) electrons. The minimum atomic E-state index is -0.267. The lowest BCUT2D eigenvalue weighted by Crippen LogP contribution is -2.30. The van der Waals surface area contributed by atoms with E-state index in [1.54, 1.807) is 4.90 Å². The van der Waals surface area contributed by atoms with E-state index in [1.807, 2.05) is 36.4 Å². The highest BCUT2D eigenvalue weighted by Crippen LogP contribution is 2.06. The van der Waals surface area contributed by atoms with Crippen molar-refractivity contribution in [1.82, 2.24) is 4.90 Å². The first-order valence-corrected chi connectivity index (χ1v) is 7.20. The number of hydrogen-bond donors (Lipinski definition) is 0. The van der Waals surface area contributed by atoms with E-state index >= 15 is 0 Å². The summed E-state index contributed by atoms with van der Waals surface area (Å²) in [5.74, 6) is 0. The fourth-order valence-electron chi connectivity index (χ4n) is 2.11. The van der Waals surface area contributed by atoms with Gasteiger partial charge in [0.1, 0.15) is 0 Å². The van der Waals surface area contributed by atoms with Crippen LogP contribution in [0.1, 0.15) is 11.1 Å². The van der Waals surface area contributed by atoms with Crippen LogP contribution in [0.2, 0.25) is 0 Å². The molecule has 0 heterocycles. The van der Waals surface area contributed by atoms with Crippen LogP contribution in [-0.4, -0.2) is 23.2 Å². The summed E-state index contributed by atoms with van der Waals surface area (Å²) in [5.41, 5.74) is 2.46. The van der Waals surface area contributed by atoms with Crippen LogP contribution in [0.15, 0.2) is 60.7 Å². The lowest BCUT2D eigenvalue weighted by molar-refractivity contribution is 0.224. The van der Waals surface area contributed by atoms with Crippen LogP contribution < -0.4 is 0 Å². The molecule has 0 fully saturated rings. The molecule has 1 amide bonds. The Balaban J connectivity index is 1.86. The van der Waals surface area contributed by atoms with Crippen molar-refractivity contribution in [2.75, 3.05) is 13.1 Å². The van der Waals surface area contributed by atoms with Crippen molar-refractivity contribution in [3.05, 3.63) is 71.8 Å². The van der Waals surface area contributed by atoms with Gasteiger partial charge < -0.3 is 4.90 Å². The second kappa shape index (κ2) is 7.65. The number of hydrogen-bond acceptors (Lipinski definition) is 1. The number of benzene rings is 2. The molecule has 0 aliphatic rings. The third-order valence-electron chi connectivity index (χ3n) is 3.28. The molecule has 0 saturated carbocycles. The van der Waals surface area contributed by atoms with E-state index < -0.39 is 0 Å². The molecule has 2 rings (SSSR count). The Morgan fingerprint density at radius 3 is 1.55 bits per heavy atom. The Hall–Kier alpha value is -1.87. The van der Waals surface area contributed by atoms with Gasteiger partial charge in [-0.05, 0) is 36.6 Å². The molecule has 0 atom stereocenters. The highest BCUT2D eigenvalue weighted by molar-refractivity contribution is 7.96. The van der Waals surface area contributed by atoms with Crippen LogP contribution in [0, 0.1) is 0 Å². The maximum Gasteiger partial charge on any atom is 0.313 e. The number of amides is 1. The smallest absolute Gasteiger partial charge is 0.313 e. The van der Waals surface area contributed by atoms with Gasteiger partial charge >= 0.3 is 5.24 Å². The SMILES string of the molecule is O=C([S])N(CCc1ccccc1)CCc1ccccc1. The van der Waals surface area contributed by atoms with Crippen LogP contribution in [-0.2, 0) is 12.8 Å². The first-order chi connectivity index (χ1) is 9.75. The predicted octanol–water partition coefficient (Wildman–Crippen LogP) is 4.09. The predicted molar refractivity (Wildman–Crippen MR) is 84.9 cm³/mol. The molecule has 0 aliphatic heterocycles. The van der Waals surface area contributed by atoms with Gasteiger partial charge in [-0.15, -0.1) is 0 Å². The van der Waals surface area contributed by atoms with Crippen LogP contribution in [0.4, 0.5) is 4.79 Å². The molecule has 2 aromatic carbocycles. The molecule has 0 saturated heterocycles. The average molecular weight is 284 g/mol. The zero-order valence-corrected chi connectivity index (χ0v) is 12.2. The molecule has 0 N–H and O–H groups in total. The first kappa shape index (κ1) is 14.5. The zero-order chi connectivity index (χ0) is 14.2. The quantitative estimate of drug-likeness (QED) is 0.782. The van der Waals surface area contributed by atoms with Gasteiger partial charge in [0.2, 0.25) is 0 Å². The number of rotatable bonds is 6. The average Bonchev–Trinajstić information content (AvgIpc) is 2.49. The maximum absolute atomic E-state index is 11.5. The number of nitrogens with zero attached hydrogens (tertiary/aromatic N) is 1. The molecule has 0 spiro atoms. The standard InChI is InChI=1S/C17H18NOS/c19-17(20)18(13-11-15-7-3-1-4-8-15)14-12-16-9-5-2-6-10-16/h1-10H,11-14H2. The minimum absolute atomic E-state index is 0.267. The van der Waals surface area contributed by atoms with Crippen LogP contribution >= 0.6 is 12.6 Å². The van der Waals surface area contributed by atoms with E-state index in [0.717, 1.165) is 12.8 Å². The first-order valence-electron chi connectivity index (χ1n) is 6.79. The molecule has 0 aromatic heterocycles. The van der Waals surface area contributed by atoms with Gasteiger partial charge in [-0.3, -0.25) is 4.79 Å². The third kappa shape index (κ3) is 4.67. The fourth-order valence-corrected chi connectivity index (χ4v) is 2.29. The monoisotopic (exact) mass is 284 g/mol. The Morgan fingerprint density at radius 2 is 1.20 bits per heavy atom. The van der Waals surface area contributed by atoms with Gasteiger partial charge in [0.15, 0.2) is 0 Å². The van der Waals surface area contributed by atoms with Crippen molar-refractivity contribution in [1.29, 1.82) is 0 Å². The normalized spacial score (nSPS) is 10.2. The van der Waals surface area contributed by atoms with Crippen molar-refractivity contribution in [2.24, 2.45) is 0 Å². The molecule has 2 aromatic rings. The minimum Gasteiger partial charge on any atom is -0.329 e. The van der Waals surface area contributed by atoms with Crippen molar-refractivity contribution in [2.45, 2.75) is 12.8 Å². The van der Waals surface area contributed by atoms with Gasteiger partial charge in [-0.1, -0.05) is 60.7 Å². The molecule has 0 unspecified atom stereocenters. The number of carbonyl (C=O) groups excluding carboxylic acids is 1. The second-order valence-electron chi connectivity index (χ2n) is 4.72. The Bertz CT molecular complexity index is 484. The molecule has 0 bridgehead atoms. The van der Waals surface area contributed by atoms with Crippen molar-refractivity contribution in [3.63, 3.8) is 0 Å². The largest absolute Gasteiger partial charge is 0.329 e. The van der Waals surface area contributed by atoms with Gasteiger partial charge in [0, 0.05) is 13.1 Å². The van der Waals surface area contributed by atoms with Crippen molar-refractivity contribution < 1.29 is 4.79 Å². The summed E-state index contributed by atoms with van der Waals surface area (Å²) >= 11 is 4.82. The molecule has 2 nitrogen and oxygen atoms in total. The van der Waals surface area contributed by atoms with Gasteiger partial charge in [-0.25, -0.2) is 0 Å². The summed E-state index contributed by atoms with van der Waals surface area (Å²) in [6, 6.07) is 20.3. The molecule has 103 valence electrons. The van der Waals surface area contributed by atoms with Crippen LogP contribution in [0.5, 0.6) is 0 Å². The third-order valence-corrected chi connectivity index (χ3v) is 3.54. The van der Waals surface area contributed by atoms with E-state index in [2.05, 4.69) is 24.3 Å².